The first-order valence-corrected chi connectivity index (χ1v) is 8.79. The summed E-state index contributed by atoms with van der Waals surface area (Å²) in [6.45, 7) is 1.72. The van der Waals surface area contributed by atoms with Crippen molar-refractivity contribution in [1.29, 1.82) is 0 Å². The predicted octanol–water partition coefficient (Wildman–Crippen LogP) is 1.09. The SMILES string of the molecule is CCC(=N[C@H](Cc1c[nH]c2ccccc12)C(=O)OC)C1C(=O)NC(=O)NC1=O. The summed E-state index contributed by atoms with van der Waals surface area (Å²) < 4.78 is 4.87. The van der Waals surface area contributed by atoms with Gasteiger partial charge in [0.1, 0.15) is 0 Å². The number of hydrogen-bond donors (Lipinski definition) is 3. The molecule has 28 heavy (non-hydrogen) atoms. The minimum Gasteiger partial charge on any atom is -0.467 e. The monoisotopic (exact) mass is 384 g/mol. The van der Waals surface area contributed by atoms with Gasteiger partial charge < -0.3 is 9.72 Å². The molecule has 3 rings (SSSR count). The number of para-hydroxylation sites is 1. The minimum atomic E-state index is -1.27. The third-order valence-electron chi connectivity index (χ3n) is 4.58. The first-order valence-electron chi connectivity index (χ1n) is 8.79. The standard InChI is InChI=1S/C19H20N4O5/c1-3-12(15-16(24)22-19(27)23-17(15)25)21-14(18(26)28-2)8-10-9-20-13-7-5-4-6-11(10)13/h4-7,9,14-15,20H,3,8H2,1-2H3,(H2,22,23,24,25,27)/t14-/m1/s1. The third kappa shape index (κ3) is 3.78. The molecule has 1 aromatic carbocycles. The van der Waals surface area contributed by atoms with E-state index in [1.54, 1.807) is 13.1 Å². The Balaban J connectivity index is 1.94. The fourth-order valence-corrected chi connectivity index (χ4v) is 3.22. The number of ether oxygens (including phenoxy) is 1. The number of H-pyrrole nitrogens is 1. The van der Waals surface area contributed by atoms with Gasteiger partial charge in [-0.2, -0.15) is 0 Å². The van der Waals surface area contributed by atoms with Gasteiger partial charge in [-0.25, -0.2) is 9.59 Å². The van der Waals surface area contributed by atoms with Gasteiger partial charge >= 0.3 is 12.0 Å². The number of esters is 1. The van der Waals surface area contributed by atoms with Crippen molar-refractivity contribution in [3.63, 3.8) is 0 Å². The number of hydrogen-bond acceptors (Lipinski definition) is 6. The molecule has 0 aliphatic carbocycles. The Hall–Kier alpha value is -3.49. The predicted molar refractivity (Wildman–Crippen MR) is 101 cm³/mol. The average Bonchev–Trinajstić information content (AvgIpc) is 3.08. The van der Waals surface area contributed by atoms with Crippen LogP contribution in [0.25, 0.3) is 10.9 Å². The molecule has 1 aliphatic heterocycles. The topological polar surface area (TPSA) is 130 Å². The van der Waals surface area contributed by atoms with Crippen molar-refractivity contribution in [2.24, 2.45) is 10.9 Å². The summed E-state index contributed by atoms with van der Waals surface area (Å²) in [7, 11) is 1.25. The number of carbonyl (C=O) groups excluding carboxylic acids is 4. The second-order valence-corrected chi connectivity index (χ2v) is 6.32. The lowest BCUT2D eigenvalue weighted by Gasteiger charge is -2.22. The first kappa shape index (κ1) is 19.3. The van der Waals surface area contributed by atoms with Crippen molar-refractivity contribution in [3.8, 4) is 0 Å². The molecule has 0 radical (unpaired) electrons. The number of benzene rings is 1. The zero-order valence-corrected chi connectivity index (χ0v) is 15.4. The highest BCUT2D eigenvalue weighted by Gasteiger charge is 2.38. The van der Waals surface area contributed by atoms with Crippen LogP contribution in [0.2, 0.25) is 0 Å². The van der Waals surface area contributed by atoms with Gasteiger partial charge in [-0.15, -0.1) is 0 Å². The van der Waals surface area contributed by atoms with Gasteiger partial charge in [0, 0.05) is 29.2 Å². The van der Waals surface area contributed by atoms with Gasteiger partial charge in [0.15, 0.2) is 12.0 Å². The number of aromatic nitrogens is 1. The van der Waals surface area contributed by atoms with Crippen LogP contribution in [0.3, 0.4) is 0 Å². The molecule has 1 fully saturated rings. The van der Waals surface area contributed by atoms with Gasteiger partial charge in [-0.1, -0.05) is 25.1 Å². The van der Waals surface area contributed by atoms with E-state index in [-0.39, 0.29) is 18.6 Å². The van der Waals surface area contributed by atoms with Crippen molar-refractivity contribution >= 4 is 40.4 Å². The lowest BCUT2D eigenvalue weighted by atomic mass is 9.96. The van der Waals surface area contributed by atoms with Crippen molar-refractivity contribution in [2.75, 3.05) is 7.11 Å². The van der Waals surface area contributed by atoms with E-state index in [9.17, 15) is 19.2 Å². The van der Waals surface area contributed by atoms with Crippen LogP contribution in [0.5, 0.6) is 0 Å². The van der Waals surface area contributed by atoms with Crippen molar-refractivity contribution < 1.29 is 23.9 Å². The second kappa shape index (κ2) is 8.03. The molecule has 3 N–H and O–H groups in total. The highest BCUT2D eigenvalue weighted by atomic mass is 16.5. The Labute approximate surface area is 160 Å². The summed E-state index contributed by atoms with van der Waals surface area (Å²) in [5.74, 6) is -3.36. The Morgan fingerprint density at radius 1 is 1.18 bits per heavy atom. The molecule has 146 valence electrons. The number of imide groups is 2. The van der Waals surface area contributed by atoms with E-state index in [0.29, 0.717) is 0 Å². The largest absolute Gasteiger partial charge is 0.467 e. The summed E-state index contributed by atoms with van der Waals surface area (Å²) >= 11 is 0. The van der Waals surface area contributed by atoms with Crippen molar-refractivity contribution in [2.45, 2.75) is 25.8 Å². The van der Waals surface area contributed by atoms with Crippen molar-refractivity contribution in [1.82, 2.24) is 15.6 Å². The van der Waals surface area contributed by atoms with Crippen LogP contribution < -0.4 is 10.6 Å². The molecule has 1 aromatic heterocycles. The first-order chi connectivity index (χ1) is 13.4. The summed E-state index contributed by atoms with van der Waals surface area (Å²) in [4.78, 5) is 55.4. The normalized spacial score (nSPS) is 16.6. The Bertz CT molecular complexity index is 958. The second-order valence-electron chi connectivity index (χ2n) is 6.32. The maximum absolute atomic E-state index is 12.3. The minimum absolute atomic E-state index is 0.206. The maximum Gasteiger partial charge on any atom is 0.330 e. The van der Waals surface area contributed by atoms with Gasteiger partial charge in [0.05, 0.1) is 7.11 Å². The van der Waals surface area contributed by atoms with Crippen molar-refractivity contribution in [3.05, 3.63) is 36.0 Å². The summed E-state index contributed by atoms with van der Waals surface area (Å²) in [6.07, 6.45) is 2.27. The Morgan fingerprint density at radius 3 is 2.50 bits per heavy atom. The number of urea groups is 1. The van der Waals surface area contributed by atoms with Crippen LogP contribution in [0, 0.1) is 5.92 Å². The summed E-state index contributed by atoms with van der Waals surface area (Å²) in [5.41, 5.74) is 1.99. The lowest BCUT2D eigenvalue weighted by molar-refractivity contribution is -0.142. The fourth-order valence-electron chi connectivity index (χ4n) is 3.22. The number of carbonyl (C=O) groups is 4. The summed E-state index contributed by atoms with van der Waals surface area (Å²) in [5, 5.41) is 5.05. The van der Waals surface area contributed by atoms with Crippen LogP contribution >= 0.6 is 0 Å². The highest BCUT2D eigenvalue weighted by Crippen LogP contribution is 2.21. The smallest absolute Gasteiger partial charge is 0.330 e. The number of methoxy groups -OCH3 is 1. The molecule has 0 spiro atoms. The molecule has 1 atom stereocenters. The molecule has 9 heteroatoms. The molecule has 0 bridgehead atoms. The Kier molecular flexibility index (Phi) is 5.53. The molecule has 2 heterocycles. The molecule has 9 nitrogen and oxygen atoms in total. The molecule has 1 aliphatic rings. The number of nitrogens with one attached hydrogen (secondary N) is 3. The van der Waals surface area contributed by atoms with E-state index in [0.717, 1.165) is 16.5 Å². The number of amides is 4. The maximum atomic E-state index is 12.3. The molecular formula is C19H20N4O5. The van der Waals surface area contributed by atoms with Crippen LogP contribution in [0.15, 0.2) is 35.5 Å². The number of aliphatic imine (C=N–C) groups is 1. The fraction of sp³-hybridized carbons (Fsp3) is 0.316. The lowest BCUT2D eigenvalue weighted by Crippen LogP contribution is -2.58. The van der Waals surface area contributed by atoms with Crippen LogP contribution in [0.4, 0.5) is 4.79 Å². The number of fused-ring (bicyclic) bond motifs is 1. The van der Waals surface area contributed by atoms with Crippen LogP contribution in [-0.4, -0.2) is 47.7 Å². The molecule has 0 unspecified atom stereocenters. The highest BCUT2D eigenvalue weighted by molar-refractivity contribution is 6.27. The zero-order valence-electron chi connectivity index (χ0n) is 15.4. The van der Waals surface area contributed by atoms with Gasteiger partial charge in [0.2, 0.25) is 11.8 Å². The molecular weight excluding hydrogens is 364 g/mol. The van der Waals surface area contributed by atoms with Gasteiger partial charge in [0.25, 0.3) is 0 Å². The number of rotatable bonds is 6. The van der Waals surface area contributed by atoms with Crippen LogP contribution in [-0.2, 0) is 25.5 Å². The third-order valence-corrected chi connectivity index (χ3v) is 4.58. The van der Waals surface area contributed by atoms with E-state index >= 15 is 0 Å². The van der Waals surface area contributed by atoms with E-state index in [1.807, 2.05) is 34.9 Å². The van der Waals surface area contributed by atoms with E-state index < -0.39 is 35.8 Å². The quantitative estimate of drug-likeness (QED) is 0.390. The summed E-state index contributed by atoms with van der Waals surface area (Å²) in [6, 6.07) is 5.83. The Morgan fingerprint density at radius 2 is 1.86 bits per heavy atom. The molecule has 0 saturated carbocycles. The van der Waals surface area contributed by atoms with Gasteiger partial charge in [-0.05, 0) is 18.1 Å². The van der Waals surface area contributed by atoms with E-state index in [1.165, 1.54) is 7.11 Å². The molecule has 4 amide bonds. The number of nitrogens with zero attached hydrogens (tertiary/aromatic N) is 1. The molecule has 1 saturated heterocycles. The van der Waals surface area contributed by atoms with Gasteiger partial charge in [-0.3, -0.25) is 25.2 Å². The van der Waals surface area contributed by atoms with Crippen LogP contribution in [0.1, 0.15) is 18.9 Å². The van der Waals surface area contributed by atoms with E-state index in [2.05, 4.69) is 9.98 Å². The number of barbiturate groups is 1. The molecule has 2 aromatic rings. The average molecular weight is 384 g/mol. The number of aromatic amines is 1. The van der Waals surface area contributed by atoms with E-state index in [4.69, 9.17) is 4.74 Å². The zero-order chi connectivity index (χ0) is 20.3.